The van der Waals surface area contributed by atoms with E-state index in [9.17, 15) is 9.18 Å². The largest absolute Gasteiger partial charge is 0.489 e. The highest BCUT2D eigenvalue weighted by atomic mass is 35.5. The second-order valence-electron chi connectivity index (χ2n) is 5.07. The van der Waals surface area contributed by atoms with Crippen LogP contribution in [0.2, 0.25) is 5.02 Å². The fraction of sp³-hybridized carbons (Fsp3) is 0.438. The Morgan fingerprint density at radius 3 is 2.68 bits per heavy atom. The molecule has 0 saturated heterocycles. The summed E-state index contributed by atoms with van der Waals surface area (Å²) in [6.45, 7) is 7.52. The summed E-state index contributed by atoms with van der Waals surface area (Å²) in [5, 5.41) is 5.32. The molecule has 2 amide bonds. The SMILES string of the molecule is C/C=C(/CCC)NC(=O)Nc1cc(OC(C)C)c(Cl)cc1F. The van der Waals surface area contributed by atoms with E-state index in [1.165, 1.54) is 6.07 Å². The molecule has 0 fully saturated rings. The molecule has 0 saturated carbocycles. The van der Waals surface area contributed by atoms with Gasteiger partial charge in [-0.25, -0.2) is 9.18 Å². The van der Waals surface area contributed by atoms with Gasteiger partial charge in [0.2, 0.25) is 0 Å². The Balaban J connectivity index is 2.86. The Morgan fingerprint density at radius 2 is 2.14 bits per heavy atom. The third kappa shape index (κ3) is 5.56. The van der Waals surface area contributed by atoms with E-state index < -0.39 is 11.8 Å². The zero-order valence-corrected chi connectivity index (χ0v) is 14.1. The molecule has 0 radical (unpaired) electrons. The first-order valence-corrected chi connectivity index (χ1v) is 7.64. The number of carbonyl (C=O) groups excluding carboxylic acids is 1. The lowest BCUT2D eigenvalue weighted by Gasteiger charge is -2.15. The molecule has 0 bridgehead atoms. The van der Waals surface area contributed by atoms with Gasteiger partial charge >= 0.3 is 6.03 Å². The average Bonchev–Trinajstić information content (AvgIpc) is 2.43. The Labute approximate surface area is 135 Å². The van der Waals surface area contributed by atoms with Crippen molar-refractivity contribution in [2.45, 2.75) is 46.6 Å². The first-order valence-electron chi connectivity index (χ1n) is 7.26. The number of allylic oxidation sites excluding steroid dienone is 2. The minimum Gasteiger partial charge on any atom is -0.489 e. The lowest BCUT2D eigenvalue weighted by Crippen LogP contribution is -2.28. The van der Waals surface area contributed by atoms with E-state index in [1.54, 1.807) is 0 Å². The Bertz CT molecular complexity index is 559. The molecular formula is C16H22ClFN2O2. The molecule has 4 nitrogen and oxygen atoms in total. The number of benzene rings is 1. The molecule has 0 aliphatic rings. The Morgan fingerprint density at radius 1 is 1.45 bits per heavy atom. The quantitative estimate of drug-likeness (QED) is 0.764. The van der Waals surface area contributed by atoms with Gasteiger partial charge in [0.25, 0.3) is 0 Å². The topological polar surface area (TPSA) is 50.4 Å². The van der Waals surface area contributed by atoms with Crippen molar-refractivity contribution < 1.29 is 13.9 Å². The van der Waals surface area contributed by atoms with Gasteiger partial charge in [-0.3, -0.25) is 0 Å². The van der Waals surface area contributed by atoms with Crippen LogP contribution in [0, 0.1) is 5.82 Å². The highest BCUT2D eigenvalue weighted by molar-refractivity contribution is 6.32. The van der Waals surface area contributed by atoms with E-state index in [1.807, 2.05) is 33.8 Å². The monoisotopic (exact) mass is 328 g/mol. The van der Waals surface area contributed by atoms with Crippen molar-refractivity contribution in [3.63, 3.8) is 0 Å². The number of anilines is 1. The van der Waals surface area contributed by atoms with Gasteiger partial charge in [0.15, 0.2) is 0 Å². The van der Waals surface area contributed by atoms with Crippen molar-refractivity contribution in [1.29, 1.82) is 0 Å². The van der Waals surface area contributed by atoms with Crippen LogP contribution in [0.15, 0.2) is 23.9 Å². The minimum atomic E-state index is -0.617. The van der Waals surface area contributed by atoms with Crippen LogP contribution in [-0.4, -0.2) is 12.1 Å². The van der Waals surface area contributed by atoms with Crippen LogP contribution >= 0.6 is 11.6 Å². The van der Waals surface area contributed by atoms with Gasteiger partial charge in [-0.05, 0) is 33.3 Å². The number of nitrogens with one attached hydrogen (secondary N) is 2. The maximum atomic E-state index is 13.9. The molecule has 0 unspecified atom stereocenters. The molecule has 1 aromatic carbocycles. The highest BCUT2D eigenvalue weighted by Crippen LogP contribution is 2.31. The van der Waals surface area contributed by atoms with Gasteiger partial charge in [0.1, 0.15) is 11.6 Å². The summed E-state index contributed by atoms with van der Waals surface area (Å²) in [4.78, 5) is 11.9. The molecule has 22 heavy (non-hydrogen) atoms. The van der Waals surface area contributed by atoms with Crippen molar-refractivity contribution in [3.05, 3.63) is 34.7 Å². The molecule has 0 atom stereocenters. The number of hydrogen-bond acceptors (Lipinski definition) is 2. The van der Waals surface area contributed by atoms with Crippen molar-refractivity contribution in [2.24, 2.45) is 0 Å². The molecular weight excluding hydrogens is 307 g/mol. The molecule has 1 aromatic rings. The smallest absolute Gasteiger partial charge is 0.323 e. The van der Waals surface area contributed by atoms with E-state index in [0.717, 1.165) is 24.6 Å². The van der Waals surface area contributed by atoms with Crippen LogP contribution in [0.25, 0.3) is 0 Å². The normalized spacial score (nSPS) is 11.5. The fourth-order valence-electron chi connectivity index (χ4n) is 1.82. The van der Waals surface area contributed by atoms with Crippen molar-refractivity contribution in [1.82, 2.24) is 5.32 Å². The van der Waals surface area contributed by atoms with E-state index >= 15 is 0 Å². The van der Waals surface area contributed by atoms with Crippen molar-refractivity contribution in [2.75, 3.05) is 5.32 Å². The number of halogens is 2. The first kappa shape index (κ1) is 18.3. The summed E-state index contributed by atoms with van der Waals surface area (Å²) in [6.07, 6.45) is 3.36. The molecule has 122 valence electrons. The molecule has 0 heterocycles. The Hall–Kier alpha value is -1.75. The van der Waals surface area contributed by atoms with Crippen LogP contribution in [0.5, 0.6) is 5.75 Å². The highest BCUT2D eigenvalue weighted by Gasteiger charge is 2.13. The predicted molar refractivity (Wildman–Crippen MR) is 88.0 cm³/mol. The van der Waals surface area contributed by atoms with Crippen LogP contribution < -0.4 is 15.4 Å². The van der Waals surface area contributed by atoms with Gasteiger partial charge in [0.05, 0.1) is 16.8 Å². The fourth-order valence-corrected chi connectivity index (χ4v) is 2.01. The number of hydrogen-bond donors (Lipinski definition) is 2. The summed E-state index contributed by atoms with van der Waals surface area (Å²) in [7, 11) is 0. The third-order valence-corrected chi connectivity index (χ3v) is 3.07. The predicted octanol–water partition coefficient (Wildman–Crippen LogP) is 5.09. The van der Waals surface area contributed by atoms with Gasteiger partial charge in [-0.15, -0.1) is 0 Å². The first-order chi connectivity index (χ1) is 10.4. The number of ether oxygens (including phenoxy) is 1. The molecule has 1 rings (SSSR count). The summed E-state index contributed by atoms with van der Waals surface area (Å²) < 4.78 is 19.4. The molecule has 0 aliphatic carbocycles. The van der Waals surface area contributed by atoms with E-state index in [2.05, 4.69) is 10.6 Å². The molecule has 0 aromatic heterocycles. The van der Waals surface area contributed by atoms with Gasteiger partial charge in [-0.2, -0.15) is 0 Å². The standard InChI is InChI=1S/C16H22ClFN2O2/c1-5-7-11(6-2)19-16(21)20-14-9-15(22-10(3)4)12(17)8-13(14)18/h6,8-10H,5,7H2,1-4H3,(H2,19,20,21)/b11-6-. The second-order valence-corrected chi connectivity index (χ2v) is 5.48. The summed E-state index contributed by atoms with van der Waals surface area (Å²) >= 11 is 5.93. The van der Waals surface area contributed by atoms with Gasteiger partial charge in [0, 0.05) is 11.8 Å². The van der Waals surface area contributed by atoms with Crippen molar-refractivity contribution >= 4 is 23.3 Å². The molecule has 2 N–H and O–H groups in total. The third-order valence-electron chi connectivity index (χ3n) is 2.77. The van der Waals surface area contributed by atoms with E-state index in [4.69, 9.17) is 16.3 Å². The van der Waals surface area contributed by atoms with Crippen LogP contribution in [0.4, 0.5) is 14.9 Å². The number of carbonyl (C=O) groups is 1. The van der Waals surface area contributed by atoms with E-state index in [0.29, 0.717) is 5.75 Å². The van der Waals surface area contributed by atoms with Crippen LogP contribution in [-0.2, 0) is 0 Å². The zero-order valence-electron chi connectivity index (χ0n) is 13.3. The number of urea groups is 1. The maximum absolute atomic E-state index is 13.9. The lowest BCUT2D eigenvalue weighted by molar-refractivity contribution is 0.242. The zero-order chi connectivity index (χ0) is 16.7. The lowest BCUT2D eigenvalue weighted by atomic mass is 10.2. The summed E-state index contributed by atoms with van der Waals surface area (Å²) in [6, 6.07) is 2.00. The van der Waals surface area contributed by atoms with Gasteiger partial charge in [-0.1, -0.05) is 31.0 Å². The van der Waals surface area contributed by atoms with Crippen molar-refractivity contribution in [3.8, 4) is 5.75 Å². The molecule has 0 spiro atoms. The molecule has 6 heteroatoms. The minimum absolute atomic E-state index is 0.0181. The van der Waals surface area contributed by atoms with E-state index in [-0.39, 0.29) is 16.8 Å². The second kappa shape index (κ2) is 8.63. The number of amides is 2. The number of rotatable bonds is 6. The summed E-state index contributed by atoms with van der Waals surface area (Å²) in [5.74, 6) is -0.290. The van der Waals surface area contributed by atoms with Crippen LogP contribution in [0.1, 0.15) is 40.5 Å². The summed E-state index contributed by atoms with van der Waals surface area (Å²) in [5.41, 5.74) is 0.803. The maximum Gasteiger partial charge on any atom is 0.323 e. The van der Waals surface area contributed by atoms with Crippen LogP contribution in [0.3, 0.4) is 0 Å². The van der Waals surface area contributed by atoms with Gasteiger partial charge < -0.3 is 15.4 Å². The average molecular weight is 329 g/mol. The molecule has 0 aliphatic heterocycles. The Kier molecular flexibility index (Phi) is 7.18.